The molecule has 4 heteroatoms. The van der Waals surface area contributed by atoms with Gasteiger partial charge in [0, 0.05) is 20.6 Å². The van der Waals surface area contributed by atoms with Gasteiger partial charge < -0.3 is 19.7 Å². The molecule has 0 saturated heterocycles. The lowest BCUT2D eigenvalue weighted by Gasteiger charge is -2.33. The van der Waals surface area contributed by atoms with Crippen molar-refractivity contribution in [3.8, 4) is 0 Å². The van der Waals surface area contributed by atoms with Crippen LogP contribution >= 0.6 is 0 Å². The summed E-state index contributed by atoms with van der Waals surface area (Å²) in [5.41, 5.74) is 0. The first kappa shape index (κ1) is 20.8. The lowest BCUT2D eigenvalue weighted by Crippen LogP contribution is -2.44. The molecule has 3 unspecified atom stereocenters. The molecule has 21 heavy (non-hydrogen) atoms. The fourth-order valence-electron chi connectivity index (χ4n) is 2.68. The minimum atomic E-state index is -1.16. The number of hydrogen-bond donors (Lipinski definition) is 2. The van der Waals surface area contributed by atoms with E-state index < -0.39 is 5.79 Å². The van der Waals surface area contributed by atoms with E-state index >= 15 is 0 Å². The van der Waals surface area contributed by atoms with E-state index in [1.807, 2.05) is 13.8 Å². The standard InChI is InChI=1S/C17H36O4/c1-5-17(19,21-4)16(20-3)14-12-10-8-6-7-9-11-13-15(2)18/h15-16,18-19H,5-14H2,1-4H3. The van der Waals surface area contributed by atoms with E-state index in [0.717, 1.165) is 25.7 Å². The number of aliphatic hydroxyl groups excluding tert-OH is 1. The lowest BCUT2D eigenvalue weighted by molar-refractivity contribution is -0.251. The van der Waals surface area contributed by atoms with E-state index in [1.165, 1.54) is 39.2 Å². The molecule has 0 spiro atoms. The normalized spacial score (nSPS) is 17.4. The molecule has 4 nitrogen and oxygen atoms in total. The van der Waals surface area contributed by atoms with Crippen molar-refractivity contribution in [1.82, 2.24) is 0 Å². The molecule has 0 aliphatic heterocycles. The Morgan fingerprint density at radius 1 is 0.905 bits per heavy atom. The first-order valence-corrected chi connectivity index (χ1v) is 8.48. The summed E-state index contributed by atoms with van der Waals surface area (Å²) in [6, 6.07) is 0. The number of unbranched alkanes of at least 4 members (excludes halogenated alkanes) is 6. The van der Waals surface area contributed by atoms with Crippen LogP contribution in [0.5, 0.6) is 0 Å². The maximum absolute atomic E-state index is 10.3. The summed E-state index contributed by atoms with van der Waals surface area (Å²) in [4.78, 5) is 0. The van der Waals surface area contributed by atoms with E-state index in [2.05, 4.69) is 0 Å². The van der Waals surface area contributed by atoms with Crippen molar-refractivity contribution < 1.29 is 19.7 Å². The highest BCUT2D eigenvalue weighted by atomic mass is 16.6. The van der Waals surface area contributed by atoms with Crippen LogP contribution in [0.3, 0.4) is 0 Å². The molecule has 128 valence electrons. The average molecular weight is 304 g/mol. The molecule has 0 aliphatic carbocycles. The van der Waals surface area contributed by atoms with Crippen molar-refractivity contribution in [2.24, 2.45) is 0 Å². The van der Waals surface area contributed by atoms with E-state index in [0.29, 0.717) is 6.42 Å². The second-order valence-electron chi connectivity index (χ2n) is 6.03. The Labute approximate surface area is 130 Å². The molecule has 0 aromatic heterocycles. The van der Waals surface area contributed by atoms with Crippen molar-refractivity contribution >= 4 is 0 Å². The molecule has 0 aromatic carbocycles. The summed E-state index contributed by atoms with van der Waals surface area (Å²) < 4.78 is 10.6. The van der Waals surface area contributed by atoms with Crippen LogP contribution in [-0.4, -0.2) is 42.4 Å². The third kappa shape index (κ3) is 9.46. The summed E-state index contributed by atoms with van der Waals surface area (Å²) in [6.45, 7) is 3.76. The molecule has 0 saturated carbocycles. The second kappa shape index (κ2) is 12.4. The molecule has 0 bridgehead atoms. The first-order valence-electron chi connectivity index (χ1n) is 8.48. The molecule has 0 aliphatic rings. The fraction of sp³-hybridized carbons (Fsp3) is 1.00. The zero-order valence-electron chi connectivity index (χ0n) is 14.4. The Kier molecular flexibility index (Phi) is 12.3. The van der Waals surface area contributed by atoms with Crippen LogP contribution in [0, 0.1) is 0 Å². The van der Waals surface area contributed by atoms with Crippen molar-refractivity contribution in [1.29, 1.82) is 0 Å². The summed E-state index contributed by atoms with van der Waals surface area (Å²) in [7, 11) is 3.16. The molecular formula is C17H36O4. The number of ether oxygens (including phenoxy) is 2. The molecule has 0 rings (SSSR count). The Bertz CT molecular complexity index is 227. The summed E-state index contributed by atoms with van der Waals surface area (Å²) in [5.74, 6) is -1.16. The predicted octanol–water partition coefficient (Wildman–Crippen LogP) is 3.64. The highest BCUT2D eigenvalue weighted by Gasteiger charge is 2.34. The van der Waals surface area contributed by atoms with Crippen LogP contribution in [0.4, 0.5) is 0 Å². The van der Waals surface area contributed by atoms with Gasteiger partial charge in [0.15, 0.2) is 5.79 Å². The van der Waals surface area contributed by atoms with Gasteiger partial charge in [0.25, 0.3) is 0 Å². The number of methoxy groups -OCH3 is 2. The van der Waals surface area contributed by atoms with Crippen LogP contribution in [-0.2, 0) is 9.47 Å². The van der Waals surface area contributed by atoms with Crippen LogP contribution < -0.4 is 0 Å². The van der Waals surface area contributed by atoms with Gasteiger partial charge in [-0.3, -0.25) is 0 Å². The summed E-state index contributed by atoms with van der Waals surface area (Å²) in [6.07, 6.45) is 10.2. The van der Waals surface area contributed by atoms with Gasteiger partial charge in [-0.25, -0.2) is 0 Å². The molecule has 0 radical (unpaired) electrons. The quantitative estimate of drug-likeness (QED) is 0.380. The third-order valence-electron chi connectivity index (χ3n) is 4.24. The van der Waals surface area contributed by atoms with Gasteiger partial charge in [-0.15, -0.1) is 0 Å². The van der Waals surface area contributed by atoms with Crippen LogP contribution in [0.15, 0.2) is 0 Å². The maximum Gasteiger partial charge on any atom is 0.191 e. The van der Waals surface area contributed by atoms with Gasteiger partial charge in [-0.1, -0.05) is 51.9 Å². The minimum absolute atomic E-state index is 0.158. The average Bonchev–Trinajstić information content (AvgIpc) is 2.48. The SMILES string of the molecule is CCC(O)(OC)C(CCCCCCCCCC(C)O)OC. The molecule has 0 amide bonds. The molecular weight excluding hydrogens is 268 g/mol. The molecule has 3 atom stereocenters. The van der Waals surface area contributed by atoms with E-state index in [9.17, 15) is 5.11 Å². The van der Waals surface area contributed by atoms with Gasteiger partial charge >= 0.3 is 0 Å². The summed E-state index contributed by atoms with van der Waals surface area (Å²) in [5, 5.41) is 19.4. The van der Waals surface area contributed by atoms with Crippen LogP contribution in [0.1, 0.15) is 78.1 Å². The summed E-state index contributed by atoms with van der Waals surface area (Å²) >= 11 is 0. The molecule has 0 heterocycles. The van der Waals surface area contributed by atoms with Crippen LogP contribution in [0.2, 0.25) is 0 Å². The molecule has 2 N–H and O–H groups in total. The van der Waals surface area contributed by atoms with Crippen molar-refractivity contribution in [2.45, 2.75) is 96.1 Å². The van der Waals surface area contributed by atoms with E-state index in [1.54, 1.807) is 7.11 Å². The topological polar surface area (TPSA) is 58.9 Å². The lowest BCUT2D eigenvalue weighted by atomic mass is 9.99. The van der Waals surface area contributed by atoms with Gasteiger partial charge in [-0.2, -0.15) is 0 Å². The van der Waals surface area contributed by atoms with Crippen molar-refractivity contribution in [3.63, 3.8) is 0 Å². The van der Waals surface area contributed by atoms with Gasteiger partial charge in [0.1, 0.15) is 6.10 Å². The zero-order chi connectivity index (χ0) is 16.1. The Morgan fingerprint density at radius 3 is 1.76 bits per heavy atom. The van der Waals surface area contributed by atoms with Crippen molar-refractivity contribution in [2.75, 3.05) is 14.2 Å². The number of aliphatic hydroxyl groups is 2. The maximum atomic E-state index is 10.3. The predicted molar refractivity (Wildman–Crippen MR) is 86.3 cm³/mol. The first-order chi connectivity index (χ1) is 10.00. The molecule has 0 fully saturated rings. The Morgan fingerprint density at radius 2 is 1.38 bits per heavy atom. The zero-order valence-corrected chi connectivity index (χ0v) is 14.4. The Balaban J connectivity index is 3.60. The van der Waals surface area contributed by atoms with Gasteiger partial charge in [0.2, 0.25) is 0 Å². The van der Waals surface area contributed by atoms with E-state index in [-0.39, 0.29) is 12.2 Å². The van der Waals surface area contributed by atoms with Crippen molar-refractivity contribution in [3.05, 3.63) is 0 Å². The molecule has 0 aromatic rings. The minimum Gasteiger partial charge on any atom is -0.393 e. The number of hydrogen-bond acceptors (Lipinski definition) is 4. The van der Waals surface area contributed by atoms with E-state index in [4.69, 9.17) is 14.6 Å². The highest BCUT2D eigenvalue weighted by Crippen LogP contribution is 2.23. The monoisotopic (exact) mass is 304 g/mol. The number of rotatable bonds is 14. The largest absolute Gasteiger partial charge is 0.393 e. The smallest absolute Gasteiger partial charge is 0.191 e. The van der Waals surface area contributed by atoms with Crippen LogP contribution in [0.25, 0.3) is 0 Å². The fourth-order valence-corrected chi connectivity index (χ4v) is 2.68. The van der Waals surface area contributed by atoms with Gasteiger partial charge in [0.05, 0.1) is 6.10 Å². The third-order valence-corrected chi connectivity index (χ3v) is 4.24. The highest BCUT2D eigenvalue weighted by molar-refractivity contribution is 4.76. The van der Waals surface area contributed by atoms with Gasteiger partial charge in [-0.05, 0) is 19.8 Å². The second-order valence-corrected chi connectivity index (χ2v) is 6.03. The Hall–Kier alpha value is -0.160.